The van der Waals surface area contributed by atoms with Crippen LogP contribution in [0.15, 0.2) is 66.9 Å². The summed E-state index contributed by atoms with van der Waals surface area (Å²) < 4.78 is 27.1. The van der Waals surface area contributed by atoms with Gasteiger partial charge in [0, 0.05) is 6.54 Å². The van der Waals surface area contributed by atoms with Gasteiger partial charge in [0.05, 0.1) is 18.3 Å². The third kappa shape index (κ3) is 5.34. The molecule has 0 aliphatic rings. The molecular formula is C21H19F2N3O. The number of carbonyl (C=O) groups is 1. The lowest BCUT2D eigenvalue weighted by Crippen LogP contribution is -2.16. The third-order valence-corrected chi connectivity index (χ3v) is 4.02. The molecule has 6 heteroatoms. The van der Waals surface area contributed by atoms with Gasteiger partial charge in [-0.3, -0.25) is 4.79 Å². The van der Waals surface area contributed by atoms with Crippen molar-refractivity contribution in [3.8, 4) is 0 Å². The first-order chi connectivity index (χ1) is 13.1. The second-order valence-electron chi connectivity index (χ2n) is 6.02. The number of nitrogens with one attached hydrogen (secondary N) is 2. The smallest absolute Gasteiger partial charge is 0.230 e. The molecular weight excluding hydrogens is 348 g/mol. The number of rotatable bonds is 7. The summed E-state index contributed by atoms with van der Waals surface area (Å²) in [7, 11) is 0. The lowest BCUT2D eigenvalue weighted by atomic mass is 10.1. The molecule has 0 unspecified atom stereocenters. The van der Waals surface area contributed by atoms with E-state index in [1.165, 1.54) is 12.1 Å². The van der Waals surface area contributed by atoms with Gasteiger partial charge in [0.15, 0.2) is 0 Å². The molecule has 27 heavy (non-hydrogen) atoms. The number of carbonyl (C=O) groups excluding carboxylic acids is 1. The lowest BCUT2D eigenvalue weighted by molar-refractivity contribution is -0.115. The molecule has 3 aromatic rings. The van der Waals surface area contributed by atoms with Crippen LogP contribution in [-0.2, 0) is 17.6 Å². The van der Waals surface area contributed by atoms with Gasteiger partial charge in [-0.15, -0.1) is 0 Å². The van der Waals surface area contributed by atoms with E-state index >= 15 is 0 Å². The zero-order valence-electron chi connectivity index (χ0n) is 14.6. The number of anilines is 2. The highest BCUT2D eigenvalue weighted by Crippen LogP contribution is 2.13. The van der Waals surface area contributed by atoms with Gasteiger partial charge < -0.3 is 10.6 Å². The fourth-order valence-corrected chi connectivity index (χ4v) is 2.62. The molecule has 0 spiro atoms. The number of benzene rings is 2. The third-order valence-electron chi connectivity index (χ3n) is 4.02. The van der Waals surface area contributed by atoms with E-state index in [-0.39, 0.29) is 18.1 Å². The van der Waals surface area contributed by atoms with Gasteiger partial charge in [0.2, 0.25) is 5.91 Å². The first kappa shape index (κ1) is 18.5. The van der Waals surface area contributed by atoms with E-state index < -0.39 is 5.82 Å². The van der Waals surface area contributed by atoms with Crippen LogP contribution < -0.4 is 10.6 Å². The average Bonchev–Trinajstić information content (AvgIpc) is 2.66. The van der Waals surface area contributed by atoms with Crippen LogP contribution in [0, 0.1) is 11.6 Å². The molecule has 0 saturated heterocycles. The Morgan fingerprint density at radius 2 is 1.56 bits per heavy atom. The molecule has 0 aliphatic carbocycles. The molecule has 3 rings (SSSR count). The zero-order valence-corrected chi connectivity index (χ0v) is 14.6. The highest BCUT2D eigenvalue weighted by molar-refractivity contribution is 5.91. The molecule has 1 heterocycles. The average molecular weight is 367 g/mol. The van der Waals surface area contributed by atoms with E-state index in [2.05, 4.69) is 15.6 Å². The second kappa shape index (κ2) is 8.89. The van der Waals surface area contributed by atoms with E-state index in [0.29, 0.717) is 29.9 Å². The summed E-state index contributed by atoms with van der Waals surface area (Å²) in [6, 6.07) is 16.3. The molecule has 2 aromatic carbocycles. The van der Waals surface area contributed by atoms with Gasteiger partial charge in [0.25, 0.3) is 0 Å². The number of nitrogens with zero attached hydrogens (tertiary/aromatic N) is 1. The summed E-state index contributed by atoms with van der Waals surface area (Å²) in [6.07, 6.45) is 2.07. The predicted octanol–water partition coefficient (Wildman–Crippen LogP) is 4.20. The van der Waals surface area contributed by atoms with E-state index in [1.54, 1.807) is 54.7 Å². The lowest BCUT2D eigenvalue weighted by Gasteiger charge is -2.09. The van der Waals surface area contributed by atoms with Crippen molar-refractivity contribution in [2.45, 2.75) is 12.8 Å². The van der Waals surface area contributed by atoms with Crippen molar-refractivity contribution in [2.24, 2.45) is 0 Å². The Labute approximate surface area is 156 Å². The Morgan fingerprint density at radius 3 is 2.19 bits per heavy atom. The van der Waals surface area contributed by atoms with Crippen molar-refractivity contribution in [3.63, 3.8) is 0 Å². The molecule has 2 N–H and O–H groups in total. The maximum absolute atomic E-state index is 13.6. The number of aromatic nitrogens is 1. The summed E-state index contributed by atoms with van der Waals surface area (Å²) >= 11 is 0. The van der Waals surface area contributed by atoms with Gasteiger partial charge in [0.1, 0.15) is 17.5 Å². The predicted molar refractivity (Wildman–Crippen MR) is 102 cm³/mol. The van der Waals surface area contributed by atoms with Crippen LogP contribution in [0.3, 0.4) is 0 Å². The normalized spacial score (nSPS) is 10.4. The van der Waals surface area contributed by atoms with Gasteiger partial charge in [-0.2, -0.15) is 0 Å². The largest absolute Gasteiger partial charge is 0.383 e. The maximum Gasteiger partial charge on any atom is 0.230 e. The number of amides is 1. The summed E-state index contributed by atoms with van der Waals surface area (Å²) in [5, 5.41) is 5.80. The molecule has 0 saturated carbocycles. The first-order valence-electron chi connectivity index (χ1n) is 8.58. The van der Waals surface area contributed by atoms with Crippen LogP contribution in [0.1, 0.15) is 11.1 Å². The van der Waals surface area contributed by atoms with E-state index in [0.717, 1.165) is 5.69 Å². The Bertz CT molecular complexity index is 913. The Balaban J connectivity index is 1.49. The van der Waals surface area contributed by atoms with Gasteiger partial charge in [-0.25, -0.2) is 13.8 Å². The standard InChI is InChI=1S/C21H19F2N3O/c22-18-7-3-1-5-15(18)11-12-24-17-9-10-20(25-14-17)26-21(27)13-16-6-2-4-8-19(16)23/h1-10,14,24H,11-13H2,(H,25,26,27). The first-order valence-corrected chi connectivity index (χ1v) is 8.58. The van der Waals surface area contributed by atoms with Crippen molar-refractivity contribution in [3.05, 3.63) is 89.6 Å². The minimum absolute atomic E-state index is 0.0585. The zero-order chi connectivity index (χ0) is 19.1. The van der Waals surface area contributed by atoms with Crippen molar-refractivity contribution in [2.75, 3.05) is 17.2 Å². The molecule has 0 bridgehead atoms. The van der Waals surface area contributed by atoms with Gasteiger partial charge >= 0.3 is 0 Å². The van der Waals surface area contributed by atoms with Crippen molar-refractivity contribution < 1.29 is 13.6 Å². The van der Waals surface area contributed by atoms with Gasteiger partial charge in [-0.1, -0.05) is 36.4 Å². The van der Waals surface area contributed by atoms with Crippen LogP contribution in [0.25, 0.3) is 0 Å². The van der Waals surface area contributed by atoms with Crippen LogP contribution in [-0.4, -0.2) is 17.4 Å². The molecule has 0 fully saturated rings. The van der Waals surface area contributed by atoms with Crippen LogP contribution in [0.4, 0.5) is 20.3 Å². The molecule has 4 nitrogen and oxygen atoms in total. The number of pyridine rings is 1. The van der Waals surface area contributed by atoms with Crippen LogP contribution in [0.5, 0.6) is 0 Å². The van der Waals surface area contributed by atoms with Crippen LogP contribution in [0.2, 0.25) is 0 Å². The molecule has 0 atom stereocenters. The van der Waals surface area contributed by atoms with Crippen LogP contribution >= 0.6 is 0 Å². The SMILES string of the molecule is O=C(Cc1ccccc1F)Nc1ccc(NCCc2ccccc2F)cn1. The van der Waals surface area contributed by atoms with Crippen molar-refractivity contribution in [1.29, 1.82) is 0 Å². The van der Waals surface area contributed by atoms with Crippen molar-refractivity contribution in [1.82, 2.24) is 4.98 Å². The summed E-state index contributed by atoms with van der Waals surface area (Å²) in [5.74, 6) is -0.579. The fraction of sp³-hybridized carbons (Fsp3) is 0.143. The summed E-state index contributed by atoms with van der Waals surface area (Å²) in [4.78, 5) is 16.2. The summed E-state index contributed by atoms with van der Waals surface area (Å²) in [6.45, 7) is 0.557. The topological polar surface area (TPSA) is 54.0 Å². The quantitative estimate of drug-likeness (QED) is 0.658. The Morgan fingerprint density at radius 1 is 0.889 bits per heavy atom. The highest BCUT2D eigenvalue weighted by atomic mass is 19.1. The maximum atomic E-state index is 13.6. The van der Waals surface area contributed by atoms with E-state index in [9.17, 15) is 13.6 Å². The minimum atomic E-state index is -0.407. The molecule has 0 radical (unpaired) electrons. The minimum Gasteiger partial charge on any atom is -0.383 e. The Hall–Kier alpha value is -3.28. The highest BCUT2D eigenvalue weighted by Gasteiger charge is 2.08. The number of halogens is 2. The van der Waals surface area contributed by atoms with E-state index in [1.807, 2.05) is 0 Å². The van der Waals surface area contributed by atoms with Crippen molar-refractivity contribution >= 4 is 17.4 Å². The fourth-order valence-electron chi connectivity index (χ4n) is 2.62. The molecule has 0 aliphatic heterocycles. The molecule has 138 valence electrons. The van der Waals surface area contributed by atoms with Gasteiger partial charge in [-0.05, 0) is 41.8 Å². The number of hydrogen-bond acceptors (Lipinski definition) is 3. The summed E-state index contributed by atoms with van der Waals surface area (Å²) in [5.41, 5.74) is 1.75. The monoisotopic (exact) mass is 367 g/mol. The second-order valence-corrected chi connectivity index (χ2v) is 6.02. The number of hydrogen-bond donors (Lipinski definition) is 2. The molecule has 1 aromatic heterocycles. The Kier molecular flexibility index (Phi) is 6.10. The van der Waals surface area contributed by atoms with E-state index in [4.69, 9.17) is 0 Å². The molecule has 1 amide bonds.